The fourth-order valence-electron chi connectivity index (χ4n) is 1.79. The molecule has 1 heteroatoms. The Hall–Kier alpha value is -2.38. The highest BCUT2D eigenvalue weighted by Crippen LogP contribution is 2.17. The molecule has 1 nitrogen and oxygen atoms in total. The first-order valence-electron chi connectivity index (χ1n) is 6.42. The molecule has 20 heavy (non-hydrogen) atoms. The quantitative estimate of drug-likeness (QED) is 0.841. The number of benzene rings is 2. The summed E-state index contributed by atoms with van der Waals surface area (Å²) >= 11 is 0. The first-order valence-corrected chi connectivity index (χ1v) is 6.42. The Balaban J connectivity index is 0.000000217. The maximum absolute atomic E-state index is 8.99. The molecule has 1 N–H and O–H groups in total. The van der Waals surface area contributed by atoms with E-state index in [1.807, 2.05) is 54.6 Å². The van der Waals surface area contributed by atoms with Crippen molar-refractivity contribution in [3.05, 3.63) is 90.5 Å². The molecule has 0 saturated carbocycles. The van der Waals surface area contributed by atoms with E-state index < -0.39 is 0 Å². The molecule has 0 aliphatic rings. The summed E-state index contributed by atoms with van der Waals surface area (Å²) in [4.78, 5) is 0. The molecule has 2 aromatic rings. The highest BCUT2D eigenvalue weighted by Gasteiger charge is 2.00. The zero-order valence-corrected chi connectivity index (χ0v) is 11.6. The second-order valence-corrected chi connectivity index (χ2v) is 4.10. The number of hydrogen-bond acceptors (Lipinski definition) is 1. The molecule has 0 spiro atoms. The molecule has 0 atom stereocenters. The monoisotopic (exact) mass is 264 g/mol. The molecule has 0 amide bonds. The molecule has 102 valence electrons. The van der Waals surface area contributed by atoms with Crippen LogP contribution < -0.4 is 0 Å². The van der Waals surface area contributed by atoms with Crippen LogP contribution in [-0.4, -0.2) is 5.11 Å². The molecule has 2 rings (SSSR count). The highest BCUT2D eigenvalue weighted by atomic mass is 16.3. The summed E-state index contributed by atoms with van der Waals surface area (Å²) in [7, 11) is 0. The number of aliphatic hydroxyl groups is 1. The molecule has 0 aromatic heterocycles. The van der Waals surface area contributed by atoms with E-state index in [4.69, 9.17) is 5.11 Å². The van der Waals surface area contributed by atoms with Crippen molar-refractivity contribution in [1.29, 1.82) is 0 Å². The lowest BCUT2D eigenvalue weighted by molar-refractivity contribution is 0.281. The zero-order chi connectivity index (χ0) is 14.8. The van der Waals surface area contributed by atoms with Gasteiger partial charge >= 0.3 is 0 Å². The van der Waals surface area contributed by atoms with Crippen molar-refractivity contribution in [3.8, 4) is 0 Å². The van der Waals surface area contributed by atoms with E-state index >= 15 is 0 Å². The fraction of sp³-hybridized carbons (Fsp3) is 0.0526. The molecular formula is C19H20O. The number of aliphatic hydroxyl groups excluding tert-OH is 1. The number of rotatable bonds is 4. The molecule has 2 aromatic carbocycles. The lowest BCUT2D eigenvalue weighted by Crippen LogP contribution is -1.90. The van der Waals surface area contributed by atoms with E-state index in [9.17, 15) is 0 Å². The van der Waals surface area contributed by atoms with E-state index in [2.05, 4.69) is 19.7 Å². The Labute approximate surface area is 121 Å². The second kappa shape index (κ2) is 8.68. The minimum Gasteiger partial charge on any atom is -0.392 e. The van der Waals surface area contributed by atoms with Crippen LogP contribution >= 0.6 is 0 Å². The normalized spacial score (nSPS) is 9.05. The molecular weight excluding hydrogens is 244 g/mol. The summed E-state index contributed by atoms with van der Waals surface area (Å²) in [5.74, 6) is 0. The van der Waals surface area contributed by atoms with Gasteiger partial charge in [0.1, 0.15) is 0 Å². The fourth-order valence-corrected chi connectivity index (χ4v) is 1.79. The Morgan fingerprint density at radius 1 is 0.800 bits per heavy atom. The summed E-state index contributed by atoms with van der Waals surface area (Å²) in [5, 5.41) is 8.99. The first kappa shape index (κ1) is 15.7. The maximum atomic E-state index is 8.99. The van der Waals surface area contributed by atoms with Crippen molar-refractivity contribution in [2.75, 3.05) is 0 Å². The van der Waals surface area contributed by atoms with Gasteiger partial charge in [-0.3, -0.25) is 0 Å². The summed E-state index contributed by atoms with van der Waals surface area (Å²) < 4.78 is 0. The van der Waals surface area contributed by atoms with Gasteiger partial charge in [0.2, 0.25) is 0 Å². The van der Waals surface area contributed by atoms with E-state index in [0.29, 0.717) is 0 Å². The molecule has 0 aliphatic carbocycles. The summed E-state index contributed by atoms with van der Waals surface area (Å²) in [6.07, 6.45) is 5.33. The van der Waals surface area contributed by atoms with E-state index in [-0.39, 0.29) is 6.61 Å². The Bertz CT molecular complexity index is 568. The smallest absolute Gasteiger partial charge is 0.0687 e. The van der Waals surface area contributed by atoms with Gasteiger partial charge in [-0.05, 0) is 22.3 Å². The third-order valence-corrected chi connectivity index (χ3v) is 2.86. The second-order valence-electron chi connectivity index (χ2n) is 4.10. The van der Waals surface area contributed by atoms with Gasteiger partial charge < -0.3 is 5.11 Å². The van der Waals surface area contributed by atoms with Crippen LogP contribution in [0.5, 0.6) is 0 Å². The lowest BCUT2D eigenvalue weighted by atomic mass is 10.0. The third kappa shape index (κ3) is 4.38. The zero-order valence-electron chi connectivity index (χ0n) is 11.6. The van der Waals surface area contributed by atoms with Gasteiger partial charge in [-0.1, -0.05) is 86.5 Å². The van der Waals surface area contributed by atoms with Gasteiger partial charge in [0, 0.05) is 0 Å². The van der Waals surface area contributed by atoms with Crippen LogP contribution in [0.4, 0.5) is 0 Å². The minimum atomic E-state index is 0.0447. The van der Waals surface area contributed by atoms with Gasteiger partial charge in [0.15, 0.2) is 0 Å². The summed E-state index contributed by atoms with van der Waals surface area (Å²) in [6.45, 7) is 11.1. The van der Waals surface area contributed by atoms with Crippen molar-refractivity contribution >= 4 is 18.2 Å². The lowest BCUT2D eigenvalue weighted by Gasteiger charge is -2.05. The predicted molar refractivity (Wildman–Crippen MR) is 89.1 cm³/mol. The van der Waals surface area contributed by atoms with Crippen molar-refractivity contribution in [2.24, 2.45) is 0 Å². The largest absolute Gasteiger partial charge is 0.392 e. The topological polar surface area (TPSA) is 20.2 Å². The highest BCUT2D eigenvalue weighted by molar-refractivity contribution is 5.66. The van der Waals surface area contributed by atoms with Crippen LogP contribution in [0.2, 0.25) is 0 Å². The van der Waals surface area contributed by atoms with Gasteiger partial charge in [0.25, 0.3) is 0 Å². The Morgan fingerprint density at radius 3 is 1.95 bits per heavy atom. The van der Waals surface area contributed by atoms with Crippen LogP contribution in [0.25, 0.3) is 18.2 Å². The van der Waals surface area contributed by atoms with Gasteiger partial charge in [-0.25, -0.2) is 0 Å². The van der Waals surface area contributed by atoms with Crippen LogP contribution in [0, 0.1) is 0 Å². The van der Waals surface area contributed by atoms with Crippen LogP contribution in [-0.2, 0) is 6.61 Å². The number of hydrogen-bond donors (Lipinski definition) is 1. The average Bonchev–Trinajstić information content (AvgIpc) is 2.55. The molecule has 0 unspecified atom stereocenters. The standard InChI is InChI=1S/C11H12O.C8H8/c1-3-9-6-5-7-10(8-12)11(9)4-2;1-2-8-6-4-3-5-7-8/h3-7,12H,1-2,8H2;2-7H,1H2. The summed E-state index contributed by atoms with van der Waals surface area (Å²) in [6, 6.07) is 15.8. The van der Waals surface area contributed by atoms with Crippen LogP contribution in [0.1, 0.15) is 22.3 Å². The molecule has 0 fully saturated rings. The SMILES string of the molecule is C=Cc1cccc(CO)c1C=C.C=Cc1ccccc1. The minimum absolute atomic E-state index is 0.0447. The van der Waals surface area contributed by atoms with Crippen LogP contribution in [0.3, 0.4) is 0 Å². The van der Waals surface area contributed by atoms with Gasteiger partial charge in [0.05, 0.1) is 6.61 Å². The van der Waals surface area contributed by atoms with Crippen molar-refractivity contribution in [1.82, 2.24) is 0 Å². The summed E-state index contributed by atoms with van der Waals surface area (Å²) in [5.41, 5.74) is 4.04. The van der Waals surface area contributed by atoms with Gasteiger partial charge in [-0.15, -0.1) is 0 Å². The van der Waals surface area contributed by atoms with Gasteiger partial charge in [-0.2, -0.15) is 0 Å². The van der Waals surface area contributed by atoms with Crippen molar-refractivity contribution < 1.29 is 5.11 Å². The Morgan fingerprint density at radius 2 is 1.50 bits per heavy atom. The van der Waals surface area contributed by atoms with Crippen molar-refractivity contribution in [2.45, 2.75) is 6.61 Å². The average molecular weight is 264 g/mol. The van der Waals surface area contributed by atoms with E-state index in [0.717, 1.165) is 16.7 Å². The Kier molecular flexibility index (Phi) is 6.80. The van der Waals surface area contributed by atoms with E-state index in [1.165, 1.54) is 5.56 Å². The molecule has 0 aliphatic heterocycles. The molecule has 0 saturated heterocycles. The molecule has 0 radical (unpaired) electrons. The van der Waals surface area contributed by atoms with E-state index in [1.54, 1.807) is 12.2 Å². The first-order chi connectivity index (χ1) is 9.76. The predicted octanol–water partition coefficient (Wildman–Crippen LogP) is 4.79. The maximum Gasteiger partial charge on any atom is 0.0687 e. The molecule has 0 heterocycles. The van der Waals surface area contributed by atoms with Crippen molar-refractivity contribution in [3.63, 3.8) is 0 Å². The van der Waals surface area contributed by atoms with Crippen LogP contribution in [0.15, 0.2) is 68.3 Å². The molecule has 0 bridgehead atoms. The third-order valence-electron chi connectivity index (χ3n) is 2.86.